The van der Waals surface area contributed by atoms with Crippen molar-refractivity contribution in [2.24, 2.45) is 0 Å². The van der Waals surface area contributed by atoms with Crippen LogP contribution in [0.4, 0.5) is 10.5 Å². The Hall–Kier alpha value is -2.64. The van der Waals surface area contributed by atoms with E-state index in [9.17, 15) is 9.59 Å². The SMILES string of the molecule is CCOc1cc2c(cc1/C=C1/SC(=O)N(c3cccc(Cl)c3)C1=O)OCO2. The molecular weight excluding hydrogens is 390 g/mol. The molecule has 0 saturated carbocycles. The summed E-state index contributed by atoms with van der Waals surface area (Å²) >= 11 is 6.85. The van der Waals surface area contributed by atoms with Crippen LogP contribution < -0.4 is 19.1 Å². The second kappa shape index (κ2) is 7.17. The van der Waals surface area contributed by atoms with Gasteiger partial charge in [0.1, 0.15) is 5.75 Å². The molecule has 1 saturated heterocycles. The highest BCUT2D eigenvalue weighted by Gasteiger charge is 2.36. The third kappa shape index (κ3) is 3.36. The molecule has 0 radical (unpaired) electrons. The molecule has 0 unspecified atom stereocenters. The number of imide groups is 1. The minimum atomic E-state index is -0.410. The Morgan fingerprint density at radius 1 is 1.22 bits per heavy atom. The van der Waals surface area contributed by atoms with E-state index in [1.165, 1.54) is 0 Å². The molecule has 2 aromatic carbocycles. The summed E-state index contributed by atoms with van der Waals surface area (Å²) in [5.41, 5.74) is 1.07. The summed E-state index contributed by atoms with van der Waals surface area (Å²) in [6.45, 7) is 2.45. The molecular formula is C19H14ClNO5S. The normalized spacial score (nSPS) is 17.1. The van der Waals surface area contributed by atoms with Gasteiger partial charge in [-0.1, -0.05) is 17.7 Å². The molecule has 0 aliphatic carbocycles. The number of hydrogen-bond acceptors (Lipinski definition) is 6. The third-order valence-electron chi connectivity index (χ3n) is 3.95. The van der Waals surface area contributed by atoms with Crippen LogP contribution in [0.25, 0.3) is 6.08 Å². The van der Waals surface area contributed by atoms with Crippen molar-refractivity contribution in [2.45, 2.75) is 6.92 Å². The number of nitrogens with zero attached hydrogens (tertiary/aromatic N) is 1. The largest absolute Gasteiger partial charge is 0.493 e. The van der Waals surface area contributed by atoms with E-state index in [-0.39, 0.29) is 12.0 Å². The second-order valence-corrected chi connectivity index (χ2v) is 7.10. The van der Waals surface area contributed by atoms with Crippen LogP contribution in [0.2, 0.25) is 5.02 Å². The molecule has 0 spiro atoms. The molecule has 6 nitrogen and oxygen atoms in total. The second-order valence-electron chi connectivity index (χ2n) is 5.67. The number of anilines is 1. The van der Waals surface area contributed by atoms with Gasteiger partial charge in [0.15, 0.2) is 11.5 Å². The number of fused-ring (bicyclic) bond motifs is 1. The first-order chi connectivity index (χ1) is 13.1. The fourth-order valence-electron chi connectivity index (χ4n) is 2.78. The molecule has 0 bridgehead atoms. The van der Waals surface area contributed by atoms with Crippen LogP contribution in [0.15, 0.2) is 41.3 Å². The summed E-state index contributed by atoms with van der Waals surface area (Å²) in [5.74, 6) is 1.30. The number of carbonyl (C=O) groups is 2. The zero-order valence-corrected chi connectivity index (χ0v) is 15.8. The molecule has 2 aliphatic heterocycles. The van der Waals surface area contributed by atoms with Crippen molar-refractivity contribution in [3.8, 4) is 17.2 Å². The van der Waals surface area contributed by atoms with Crippen molar-refractivity contribution in [3.63, 3.8) is 0 Å². The Labute approximate surface area is 164 Å². The lowest BCUT2D eigenvalue weighted by molar-refractivity contribution is -0.113. The van der Waals surface area contributed by atoms with E-state index in [2.05, 4.69) is 0 Å². The van der Waals surface area contributed by atoms with Crippen molar-refractivity contribution in [3.05, 3.63) is 51.9 Å². The van der Waals surface area contributed by atoms with Gasteiger partial charge in [-0.25, -0.2) is 4.90 Å². The highest BCUT2D eigenvalue weighted by molar-refractivity contribution is 8.19. The molecule has 138 valence electrons. The molecule has 0 atom stereocenters. The first-order valence-electron chi connectivity index (χ1n) is 8.17. The number of hydrogen-bond donors (Lipinski definition) is 0. The van der Waals surface area contributed by atoms with Crippen LogP contribution in [0.5, 0.6) is 17.2 Å². The van der Waals surface area contributed by atoms with Gasteiger partial charge in [-0.3, -0.25) is 9.59 Å². The maximum atomic E-state index is 12.8. The van der Waals surface area contributed by atoms with Crippen molar-refractivity contribution in [1.29, 1.82) is 0 Å². The van der Waals surface area contributed by atoms with Gasteiger partial charge in [0.05, 0.1) is 17.2 Å². The topological polar surface area (TPSA) is 65.1 Å². The van der Waals surface area contributed by atoms with Gasteiger partial charge in [0, 0.05) is 16.7 Å². The van der Waals surface area contributed by atoms with Gasteiger partial charge < -0.3 is 14.2 Å². The van der Waals surface area contributed by atoms with Gasteiger partial charge in [0.25, 0.3) is 11.1 Å². The molecule has 1 fully saturated rings. The fourth-order valence-corrected chi connectivity index (χ4v) is 3.80. The zero-order valence-electron chi connectivity index (χ0n) is 14.2. The highest BCUT2D eigenvalue weighted by atomic mass is 35.5. The van der Waals surface area contributed by atoms with Crippen LogP contribution in [0, 0.1) is 0 Å². The predicted octanol–water partition coefficient (Wildman–Crippen LogP) is 4.71. The van der Waals surface area contributed by atoms with Crippen LogP contribution in [0.3, 0.4) is 0 Å². The van der Waals surface area contributed by atoms with Crippen LogP contribution in [0.1, 0.15) is 12.5 Å². The van der Waals surface area contributed by atoms with Gasteiger partial charge in [0.2, 0.25) is 6.79 Å². The molecule has 8 heteroatoms. The summed E-state index contributed by atoms with van der Waals surface area (Å²) in [7, 11) is 0. The maximum Gasteiger partial charge on any atom is 0.298 e. The lowest BCUT2D eigenvalue weighted by Crippen LogP contribution is -2.27. The van der Waals surface area contributed by atoms with E-state index in [0.717, 1.165) is 16.7 Å². The molecule has 2 aliphatic rings. The van der Waals surface area contributed by atoms with Gasteiger partial charge in [-0.05, 0) is 49.0 Å². The number of benzene rings is 2. The van der Waals surface area contributed by atoms with Gasteiger partial charge >= 0.3 is 0 Å². The average molecular weight is 404 g/mol. The average Bonchev–Trinajstić information content (AvgIpc) is 3.19. The standard InChI is InChI=1S/C19H14ClNO5S/c1-2-24-14-9-16-15(25-10-26-16)6-11(14)7-17-18(22)21(19(23)27-17)13-5-3-4-12(20)8-13/h3-9H,2,10H2,1H3/b17-7+. The van der Waals surface area contributed by atoms with Crippen molar-refractivity contribution >= 4 is 46.3 Å². The van der Waals surface area contributed by atoms with E-state index in [0.29, 0.717) is 45.0 Å². The fraction of sp³-hybridized carbons (Fsp3) is 0.158. The minimum absolute atomic E-state index is 0.135. The number of carbonyl (C=O) groups excluding carboxylic acids is 2. The first-order valence-corrected chi connectivity index (χ1v) is 9.36. The molecule has 2 amide bonds. The van der Waals surface area contributed by atoms with E-state index in [1.807, 2.05) is 6.92 Å². The van der Waals surface area contributed by atoms with Crippen molar-refractivity contribution in [2.75, 3.05) is 18.3 Å². The monoisotopic (exact) mass is 403 g/mol. The number of halogens is 1. The quantitative estimate of drug-likeness (QED) is 0.689. The van der Waals surface area contributed by atoms with E-state index in [1.54, 1.807) is 42.5 Å². The van der Waals surface area contributed by atoms with E-state index in [4.69, 9.17) is 25.8 Å². The molecule has 0 N–H and O–H groups in total. The summed E-state index contributed by atoms with van der Waals surface area (Å²) < 4.78 is 16.4. The number of ether oxygens (including phenoxy) is 3. The Bertz CT molecular complexity index is 975. The lowest BCUT2D eigenvalue weighted by Gasteiger charge is -2.12. The van der Waals surface area contributed by atoms with Crippen molar-refractivity contribution < 1.29 is 23.8 Å². The minimum Gasteiger partial charge on any atom is -0.493 e. The summed E-state index contributed by atoms with van der Waals surface area (Å²) in [6.07, 6.45) is 1.63. The Balaban J connectivity index is 1.71. The smallest absolute Gasteiger partial charge is 0.298 e. The maximum absolute atomic E-state index is 12.8. The van der Waals surface area contributed by atoms with Gasteiger partial charge in [-0.15, -0.1) is 0 Å². The number of thioether (sulfide) groups is 1. The molecule has 0 aromatic heterocycles. The molecule has 4 rings (SSSR count). The summed E-state index contributed by atoms with van der Waals surface area (Å²) in [5, 5.41) is 0.0668. The number of amides is 2. The Morgan fingerprint density at radius 2 is 2.00 bits per heavy atom. The third-order valence-corrected chi connectivity index (χ3v) is 5.06. The van der Waals surface area contributed by atoms with Crippen molar-refractivity contribution in [1.82, 2.24) is 0 Å². The lowest BCUT2D eigenvalue weighted by atomic mass is 10.1. The summed E-state index contributed by atoms with van der Waals surface area (Å²) in [4.78, 5) is 26.6. The predicted molar refractivity (Wildman–Crippen MR) is 104 cm³/mol. The Morgan fingerprint density at radius 3 is 2.74 bits per heavy atom. The highest BCUT2D eigenvalue weighted by Crippen LogP contribution is 2.42. The zero-order chi connectivity index (χ0) is 19.0. The van der Waals surface area contributed by atoms with Crippen LogP contribution >= 0.6 is 23.4 Å². The van der Waals surface area contributed by atoms with E-state index < -0.39 is 5.91 Å². The number of rotatable bonds is 4. The Kier molecular flexibility index (Phi) is 4.72. The molecule has 2 aromatic rings. The molecule has 2 heterocycles. The summed E-state index contributed by atoms with van der Waals surface area (Å²) in [6, 6.07) is 10.1. The molecule has 27 heavy (non-hydrogen) atoms. The van der Waals surface area contributed by atoms with Crippen LogP contribution in [-0.4, -0.2) is 24.5 Å². The van der Waals surface area contributed by atoms with E-state index >= 15 is 0 Å². The first kappa shape index (κ1) is 17.8. The van der Waals surface area contributed by atoms with Crippen LogP contribution in [-0.2, 0) is 4.79 Å². The van der Waals surface area contributed by atoms with Gasteiger partial charge in [-0.2, -0.15) is 0 Å².